The van der Waals surface area contributed by atoms with Crippen LogP contribution in [-0.2, 0) is 9.53 Å². The van der Waals surface area contributed by atoms with Crippen LogP contribution in [0.1, 0.15) is 13.3 Å². The molecule has 0 spiro atoms. The van der Waals surface area contributed by atoms with E-state index in [0.29, 0.717) is 0 Å². The number of carbonyl (C=O) groups excluding carboxylic acids is 1. The average molecular weight is 214 g/mol. The maximum Gasteiger partial charge on any atom is 0.330 e. The van der Waals surface area contributed by atoms with Crippen molar-refractivity contribution in [2.75, 3.05) is 6.61 Å². The quantitative estimate of drug-likeness (QED) is 0.241. The molecule has 0 aromatic carbocycles. The maximum absolute atomic E-state index is 10.8. The molecule has 0 aliphatic rings. The van der Waals surface area contributed by atoms with Crippen LogP contribution in [0, 0.1) is 12.3 Å². The van der Waals surface area contributed by atoms with E-state index < -0.39 is 17.9 Å². The van der Waals surface area contributed by atoms with Crippen LogP contribution in [0.2, 0.25) is 0 Å². The topological polar surface area (TPSA) is 87.0 Å². The Morgan fingerprint density at radius 1 is 1.67 bits per heavy atom. The van der Waals surface area contributed by atoms with Gasteiger partial charge in [-0.3, -0.25) is 0 Å². The smallest absolute Gasteiger partial charge is 0.330 e. The number of carbonyl (C=O) groups is 1. The van der Waals surface area contributed by atoms with Gasteiger partial charge in [0.2, 0.25) is 0 Å². The summed E-state index contributed by atoms with van der Waals surface area (Å²) in [4.78, 5) is 10.8. The van der Waals surface area contributed by atoms with Gasteiger partial charge in [0.05, 0.1) is 6.61 Å². The summed E-state index contributed by atoms with van der Waals surface area (Å²) < 4.78 is 4.56. The second kappa shape index (κ2) is 6.19. The molecule has 5 heteroatoms. The molecule has 0 aromatic heterocycles. The Morgan fingerprint density at radius 2 is 2.27 bits per heavy atom. The molecular formula is C10H14O5. The van der Waals surface area contributed by atoms with Crippen molar-refractivity contribution in [2.24, 2.45) is 0 Å². The van der Waals surface area contributed by atoms with E-state index >= 15 is 0 Å². The summed E-state index contributed by atoms with van der Waals surface area (Å²) in [6, 6.07) is 0. The minimum Gasteiger partial charge on any atom is -0.463 e. The molecule has 15 heavy (non-hydrogen) atoms. The molecule has 0 saturated heterocycles. The Morgan fingerprint density at radius 3 is 2.73 bits per heavy atom. The van der Waals surface area contributed by atoms with Gasteiger partial charge in [0.15, 0.2) is 0 Å². The van der Waals surface area contributed by atoms with Gasteiger partial charge in [-0.05, 0) is 19.3 Å². The van der Waals surface area contributed by atoms with Gasteiger partial charge in [-0.1, -0.05) is 6.08 Å². The standard InChI is InChI=1S/C10H14O5/c1-3-10(13,14)8(11)6-5-7-9(12)15-4-2/h1,5,7-8,11,13-14H,4,6H2,2H3/b7-5+. The molecular weight excluding hydrogens is 200 g/mol. The predicted octanol–water partition coefficient (Wildman–Crippen LogP) is -0.829. The number of rotatable bonds is 5. The summed E-state index contributed by atoms with van der Waals surface area (Å²) in [6.45, 7) is 1.91. The molecule has 84 valence electrons. The first-order valence-corrected chi connectivity index (χ1v) is 4.38. The molecule has 0 aliphatic carbocycles. The molecule has 3 N–H and O–H groups in total. The third-order valence-corrected chi connectivity index (χ3v) is 1.58. The number of hydrogen-bond acceptors (Lipinski definition) is 5. The van der Waals surface area contributed by atoms with Crippen LogP contribution < -0.4 is 0 Å². The van der Waals surface area contributed by atoms with E-state index in [9.17, 15) is 9.90 Å². The zero-order valence-corrected chi connectivity index (χ0v) is 8.38. The first-order valence-electron chi connectivity index (χ1n) is 4.38. The highest BCUT2D eigenvalue weighted by atomic mass is 16.5. The molecule has 1 atom stereocenters. The molecule has 0 rings (SSSR count). The number of aliphatic hydroxyl groups is 3. The number of ether oxygens (including phenoxy) is 1. The Kier molecular flexibility index (Phi) is 5.64. The summed E-state index contributed by atoms with van der Waals surface area (Å²) in [5.74, 6) is -1.53. The van der Waals surface area contributed by atoms with Gasteiger partial charge in [0.1, 0.15) is 6.10 Å². The van der Waals surface area contributed by atoms with Crippen molar-refractivity contribution in [1.82, 2.24) is 0 Å². The van der Waals surface area contributed by atoms with Gasteiger partial charge >= 0.3 is 5.97 Å². The van der Waals surface area contributed by atoms with Gasteiger partial charge < -0.3 is 20.1 Å². The van der Waals surface area contributed by atoms with Crippen molar-refractivity contribution in [3.8, 4) is 12.3 Å². The molecule has 5 nitrogen and oxygen atoms in total. The van der Waals surface area contributed by atoms with Gasteiger partial charge in [-0.25, -0.2) is 4.79 Å². The lowest BCUT2D eigenvalue weighted by Gasteiger charge is -2.19. The van der Waals surface area contributed by atoms with Crippen LogP contribution in [-0.4, -0.2) is 39.8 Å². The number of esters is 1. The van der Waals surface area contributed by atoms with Crippen molar-refractivity contribution in [1.29, 1.82) is 0 Å². The highest BCUT2D eigenvalue weighted by Gasteiger charge is 2.29. The van der Waals surface area contributed by atoms with Gasteiger partial charge in [-0.2, -0.15) is 0 Å². The minimum absolute atomic E-state index is 0.157. The zero-order valence-electron chi connectivity index (χ0n) is 8.38. The molecule has 0 radical (unpaired) electrons. The van der Waals surface area contributed by atoms with Crippen LogP contribution in [0.4, 0.5) is 0 Å². The fourth-order valence-corrected chi connectivity index (χ4v) is 0.744. The molecule has 0 heterocycles. The Balaban J connectivity index is 4.07. The predicted molar refractivity (Wildman–Crippen MR) is 52.4 cm³/mol. The highest BCUT2D eigenvalue weighted by Crippen LogP contribution is 2.09. The Labute approximate surface area is 88.0 Å². The fraction of sp³-hybridized carbons (Fsp3) is 0.500. The Bertz CT molecular complexity index is 274. The minimum atomic E-state index is -2.58. The summed E-state index contributed by atoms with van der Waals surface area (Å²) in [5, 5.41) is 27.1. The number of aliphatic hydroxyl groups excluding tert-OH is 1. The lowest BCUT2D eigenvalue weighted by atomic mass is 10.1. The monoisotopic (exact) mass is 214 g/mol. The largest absolute Gasteiger partial charge is 0.463 e. The normalized spacial score (nSPS) is 13.5. The van der Waals surface area contributed by atoms with E-state index in [4.69, 9.17) is 16.6 Å². The first kappa shape index (κ1) is 13.7. The van der Waals surface area contributed by atoms with Gasteiger partial charge in [0.25, 0.3) is 5.79 Å². The van der Waals surface area contributed by atoms with Crippen molar-refractivity contribution < 1.29 is 24.9 Å². The van der Waals surface area contributed by atoms with Gasteiger partial charge in [-0.15, -0.1) is 6.42 Å². The van der Waals surface area contributed by atoms with Crippen molar-refractivity contribution in [3.05, 3.63) is 12.2 Å². The van der Waals surface area contributed by atoms with Crippen molar-refractivity contribution >= 4 is 5.97 Å². The highest BCUT2D eigenvalue weighted by molar-refractivity contribution is 5.81. The lowest BCUT2D eigenvalue weighted by molar-refractivity contribution is -0.179. The van der Waals surface area contributed by atoms with E-state index in [1.165, 1.54) is 6.08 Å². The SMILES string of the molecule is C#CC(O)(O)C(O)C/C=C/C(=O)OCC. The Hall–Kier alpha value is -1.35. The summed E-state index contributed by atoms with van der Waals surface area (Å²) in [6.07, 6.45) is 5.39. The van der Waals surface area contributed by atoms with Gasteiger partial charge in [0, 0.05) is 6.08 Å². The third-order valence-electron chi connectivity index (χ3n) is 1.58. The second-order valence-electron chi connectivity index (χ2n) is 2.78. The van der Waals surface area contributed by atoms with E-state index in [-0.39, 0.29) is 13.0 Å². The third kappa shape index (κ3) is 5.18. The molecule has 0 bridgehead atoms. The second-order valence-corrected chi connectivity index (χ2v) is 2.78. The van der Waals surface area contributed by atoms with E-state index in [1.54, 1.807) is 12.8 Å². The summed E-state index contributed by atoms with van der Waals surface area (Å²) in [7, 11) is 0. The maximum atomic E-state index is 10.8. The van der Waals surface area contributed by atoms with Crippen LogP contribution in [0.3, 0.4) is 0 Å². The van der Waals surface area contributed by atoms with Crippen molar-refractivity contribution in [2.45, 2.75) is 25.2 Å². The molecule has 0 aliphatic heterocycles. The number of hydrogen-bond donors (Lipinski definition) is 3. The molecule has 1 unspecified atom stereocenters. The molecule has 0 saturated carbocycles. The lowest BCUT2D eigenvalue weighted by Crippen LogP contribution is -2.40. The van der Waals surface area contributed by atoms with Crippen LogP contribution in [0.15, 0.2) is 12.2 Å². The molecule has 0 aromatic rings. The fourth-order valence-electron chi connectivity index (χ4n) is 0.744. The van der Waals surface area contributed by atoms with Crippen LogP contribution in [0.25, 0.3) is 0 Å². The van der Waals surface area contributed by atoms with E-state index in [1.807, 2.05) is 0 Å². The van der Waals surface area contributed by atoms with Crippen LogP contribution >= 0.6 is 0 Å². The molecule has 0 amide bonds. The van der Waals surface area contributed by atoms with Crippen molar-refractivity contribution in [3.63, 3.8) is 0 Å². The summed E-state index contributed by atoms with van der Waals surface area (Å²) in [5.41, 5.74) is 0. The zero-order chi connectivity index (χ0) is 11.9. The van der Waals surface area contributed by atoms with E-state index in [0.717, 1.165) is 6.08 Å². The summed E-state index contributed by atoms with van der Waals surface area (Å²) >= 11 is 0. The first-order chi connectivity index (χ1) is 6.94. The molecule has 0 fully saturated rings. The number of terminal acetylenes is 1. The van der Waals surface area contributed by atoms with E-state index in [2.05, 4.69) is 4.74 Å². The average Bonchev–Trinajstić information content (AvgIpc) is 2.18. The van der Waals surface area contributed by atoms with Crippen LogP contribution in [0.5, 0.6) is 0 Å².